The van der Waals surface area contributed by atoms with Crippen molar-refractivity contribution in [2.45, 2.75) is 48.0 Å². The first kappa shape index (κ1) is 20.1. The van der Waals surface area contributed by atoms with Gasteiger partial charge in [0.25, 0.3) is 0 Å². The van der Waals surface area contributed by atoms with Crippen LogP contribution in [0, 0.1) is 18.4 Å². The fourth-order valence-electron chi connectivity index (χ4n) is 2.21. The third kappa shape index (κ3) is 7.45. The van der Waals surface area contributed by atoms with Gasteiger partial charge in [0, 0.05) is 0 Å². The van der Waals surface area contributed by atoms with Crippen LogP contribution in [0.1, 0.15) is 46.6 Å². The molecule has 0 radical (unpaired) electrons. The van der Waals surface area contributed by atoms with Gasteiger partial charge in [-0.3, -0.25) is 6.08 Å². The van der Waals surface area contributed by atoms with Crippen LogP contribution in [-0.2, 0) is 24.2 Å². The zero-order chi connectivity index (χ0) is 17.5. The summed E-state index contributed by atoms with van der Waals surface area (Å²) in [4.78, 5) is 0. The second-order valence-corrected chi connectivity index (χ2v) is 9.55. The van der Waals surface area contributed by atoms with Gasteiger partial charge in [0.15, 0.2) is 0 Å². The number of hydrogen-bond donors (Lipinski definition) is 0. The largest absolute Gasteiger partial charge is 0.156 e. The molecule has 0 fully saturated rings. The fourth-order valence-corrected chi connectivity index (χ4v) is 2.21. The van der Waals surface area contributed by atoms with Crippen LogP contribution in [0.2, 0.25) is 0 Å². The van der Waals surface area contributed by atoms with E-state index in [9.17, 15) is 0 Å². The molecule has 0 saturated carbocycles. The van der Waals surface area contributed by atoms with E-state index in [0.717, 1.165) is 6.42 Å². The van der Waals surface area contributed by atoms with E-state index in [0.29, 0.717) is 5.41 Å². The van der Waals surface area contributed by atoms with Crippen LogP contribution in [0.4, 0.5) is 0 Å². The number of hydrogen-bond acceptors (Lipinski definition) is 0. The van der Waals surface area contributed by atoms with Crippen LogP contribution >= 0.6 is 0 Å². The van der Waals surface area contributed by atoms with Gasteiger partial charge >= 0.3 is 41.3 Å². The molecule has 0 heterocycles. The van der Waals surface area contributed by atoms with Gasteiger partial charge in [-0.25, -0.2) is 12.2 Å². The quantitative estimate of drug-likeness (QED) is 0.466. The Labute approximate surface area is 157 Å². The molecule has 3 rings (SSSR count). The van der Waals surface area contributed by atoms with Crippen molar-refractivity contribution < 1.29 is 24.2 Å². The molecule has 0 amide bonds. The van der Waals surface area contributed by atoms with E-state index in [1.54, 1.807) is 24.2 Å². The predicted octanol–water partition coefficient (Wildman–Crippen LogP) is 6.33. The predicted molar refractivity (Wildman–Crippen MR) is 101 cm³/mol. The van der Waals surface area contributed by atoms with Gasteiger partial charge in [-0.1, -0.05) is 33.8 Å². The number of rotatable bonds is 0. The van der Waals surface area contributed by atoms with Crippen LogP contribution in [0.5, 0.6) is 0 Å². The second kappa shape index (κ2) is 9.38. The molecule has 23 heavy (non-hydrogen) atoms. The van der Waals surface area contributed by atoms with Gasteiger partial charge in [0.05, 0.1) is 0 Å². The average Bonchev–Trinajstić information content (AvgIpc) is 3.09. The summed E-state index contributed by atoms with van der Waals surface area (Å²) in [5.74, 6) is 0. The normalized spacial score (nSPS) is 13.0. The Balaban J connectivity index is 0.000000189. The monoisotopic (exact) mass is 382 g/mol. The van der Waals surface area contributed by atoms with Crippen LogP contribution in [0.3, 0.4) is 0 Å². The molecule has 1 aliphatic carbocycles. The van der Waals surface area contributed by atoms with Crippen molar-refractivity contribution in [1.29, 1.82) is 0 Å². The van der Waals surface area contributed by atoms with Crippen molar-refractivity contribution in [3.63, 3.8) is 0 Å². The Morgan fingerprint density at radius 1 is 1.17 bits per heavy atom. The molecule has 0 nitrogen and oxygen atoms in total. The molecular formula is C22H28Zr. The minimum atomic E-state index is 0.347. The van der Waals surface area contributed by atoms with Crippen LogP contribution < -0.4 is 0 Å². The second-order valence-electron chi connectivity index (χ2n) is 7.09. The molecule has 0 aliphatic heterocycles. The Morgan fingerprint density at radius 2 is 1.78 bits per heavy atom. The maximum absolute atomic E-state index is 3.16. The van der Waals surface area contributed by atoms with Gasteiger partial charge in [0.1, 0.15) is 0 Å². The number of fused-ring (bicyclic) bond motifs is 1. The Kier molecular flexibility index (Phi) is 8.20. The van der Waals surface area contributed by atoms with Crippen molar-refractivity contribution in [2.75, 3.05) is 0 Å². The van der Waals surface area contributed by atoms with E-state index in [4.69, 9.17) is 0 Å². The van der Waals surface area contributed by atoms with E-state index in [-0.39, 0.29) is 0 Å². The summed E-state index contributed by atoms with van der Waals surface area (Å²) in [6.07, 6.45) is 8.37. The van der Waals surface area contributed by atoms with Crippen molar-refractivity contribution in [2.24, 2.45) is 5.41 Å². The standard InChI is InChI=1S/C10H9.C9H13.C3H6.Zr/c1-8-6-7-9-4-2-3-5-10(8)9;1-9(2,3)8-6-4-5-7-8;1-3-2;/h2-7H,1H3;4,6H,7H2,1-3H3;1-2H3;/q2*-1;;+2. The number of allylic oxidation sites excluding steroid dienone is 4. The molecule has 0 atom stereocenters. The zero-order valence-corrected chi connectivity index (χ0v) is 17.8. The van der Waals surface area contributed by atoms with E-state index >= 15 is 0 Å². The Bertz CT molecular complexity index is 686. The summed E-state index contributed by atoms with van der Waals surface area (Å²) in [7, 11) is 0. The van der Waals surface area contributed by atoms with E-state index in [1.165, 1.54) is 25.1 Å². The minimum absolute atomic E-state index is 0.347. The molecule has 0 spiro atoms. The summed E-state index contributed by atoms with van der Waals surface area (Å²) in [6, 6.07) is 12.8. The SMILES string of the molecule is CC(C)(C)C1=CC=[C-]C1.C[C](C)=[Zr+2].Cc1c[cH-]c2ccccc12. The first-order chi connectivity index (χ1) is 10.7. The summed E-state index contributed by atoms with van der Waals surface area (Å²) < 4.78 is 1.51. The molecule has 2 aromatic rings. The fraction of sp³-hybridized carbons (Fsp3) is 0.364. The Morgan fingerprint density at radius 3 is 2.22 bits per heavy atom. The summed E-state index contributed by atoms with van der Waals surface area (Å²) >= 11 is 1.55. The first-order valence-corrected chi connectivity index (χ1v) is 9.33. The maximum atomic E-state index is 3.16. The molecule has 2 aromatic carbocycles. The molecule has 1 aliphatic rings. The number of benzene rings is 1. The molecule has 0 saturated heterocycles. The van der Waals surface area contributed by atoms with E-state index in [1.807, 2.05) is 6.08 Å². The van der Waals surface area contributed by atoms with Gasteiger partial charge in [-0.2, -0.15) is 17.2 Å². The zero-order valence-electron chi connectivity index (χ0n) is 15.3. The van der Waals surface area contributed by atoms with Crippen LogP contribution in [-0.4, -0.2) is 3.21 Å². The summed E-state index contributed by atoms with van der Waals surface area (Å²) in [5.41, 5.74) is 3.21. The third-order valence-corrected chi connectivity index (χ3v) is 3.56. The maximum Gasteiger partial charge on any atom is -0.0809 e. The van der Waals surface area contributed by atoms with E-state index in [2.05, 4.69) is 90.1 Å². The molecule has 120 valence electrons. The smallest absolute Gasteiger partial charge is 0.0809 e. The van der Waals surface area contributed by atoms with Gasteiger partial charge < -0.3 is 0 Å². The van der Waals surface area contributed by atoms with Crippen molar-refractivity contribution in [3.05, 3.63) is 65.8 Å². The number of aryl methyl sites for hydroxylation is 1. The molecule has 0 bridgehead atoms. The van der Waals surface area contributed by atoms with Gasteiger partial charge in [-0.15, -0.1) is 41.5 Å². The van der Waals surface area contributed by atoms with Crippen molar-refractivity contribution >= 4 is 14.0 Å². The molecule has 0 N–H and O–H groups in total. The van der Waals surface area contributed by atoms with Crippen LogP contribution in [0.25, 0.3) is 10.8 Å². The van der Waals surface area contributed by atoms with E-state index < -0.39 is 0 Å². The van der Waals surface area contributed by atoms with Gasteiger partial charge in [0.2, 0.25) is 0 Å². The molecule has 1 heteroatoms. The Hall–Kier alpha value is -0.937. The molecular weight excluding hydrogens is 355 g/mol. The summed E-state index contributed by atoms with van der Waals surface area (Å²) in [6.45, 7) is 13.1. The van der Waals surface area contributed by atoms with Gasteiger partial charge in [-0.05, 0) is 5.41 Å². The molecule has 0 unspecified atom stereocenters. The molecule has 0 aromatic heterocycles. The topological polar surface area (TPSA) is 0 Å². The third-order valence-electron chi connectivity index (χ3n) is 3.56. The van der Waals surface area contributed by atoms with Crippen molar-refractivity contribution in [3.8, 4) is 0 Å². The summed E-state index contributed by atoms with van der Waals surface area (Å²) in [5, 5.41) is 2.72. The van der Waals surface area contributed by atoms with Crippen LogP contribution in [0.15, 0.2) is 54.1 Å². The minimum Gasteiger partial charge on any atom is -0.156 e. The average molecular weight is 384 g/mol. The van der Waals surface area contributed by atoms with Crippen molar-refractivity contribution in [1.82, 2.24) is 0 Å². The first-order valence-electron chi connectivity index (χ1n) is 8.11.